The Morgan fingerprint density at radius 1 is 1.17 bits per heavy atom. The van der Waals surface area contributed by atoms with Crippen molar-refractivity contribution in [1.82, 2.24) is 14.8 Å². The molecule has 1 aromatic heterocycles. The van der Waals surface area contributed by atoms with E-state index in [-0.39, 0.29) is 24.5 Å². The first kappa shape index (κ1) is 20.9. The molecule has 0 saturated carbocycles. The molecule has 2 saturated heterocycles. The average Bonchev–Trinajstić information content (AvgIpc) is 3.31. The Kier molecular flexibility index (Phi) is 5.37. The zero-order chi connectivity index (χ0) is 21.5. The Balaban J connectivity index is 1.43. The van der Waals surface area contributed by atoms with E-state index < -0.39 is 18.4 Å². The molecule has 0 bridgehead atoms. The van der Waals surface area contributed by atoms with Crippen LogP contribution in [0.15, 0.2) is 24.3 Å². The molecule has 2 fully saturated rings. The molecule has 2 amide bonds. The molecular formula is C20H22F3N3O3S. The number of halogens is 3. The number of thiazole rings is 1. The van der Waals surface area contributed by atoms with E-state index in [1.54, 1.807) is 0 Å². The van der Waals surface area contributed by atoms with Gasteiger partial charge < -0.3 is 14.5 Å². The number of amides is 2. The van der Waals surface area contributed by atoms with E-state index in [9.17, 15) is 22.8 Å². The molecule has 162 valence electrons. The van der Waals surface area contributed by atoms with Crippen molar-refractivity contribution in [3.8, 4) is 0 Å². The number of carbonyl (C=O) groups excluding carboxylic acids is 2. The number of benzene rings is 1. The number of rotatable bonds is 2. The van der Waals surface area contributed by atoms with Crippen LogP contribution in [0.2, 0.25) is 0 Å². The normalized spacial score (nSPS) is 20.0. The highest BCUT2D eigenvalue weighted by molar-refractivity contribution is 7.20. The summed E-state index contributed by atoms with van der Waals surface area (Å²) in [7, 11) is 0. The van der Waals surface area contributed by atoms with E-state index in [0.29, 0.717) is 24.4 Å². The van der Waals surface area contributed by atoms with Gasteiger partial charge in [0.2, 0.25) is 0 Å². The van der Waals surface area contributed by atoms with Gasteiger partial charge in [-0.25, -0.2) is 9.78 Å². The number of para-hydroxylation sites is 1. The smallest absolute Gasteiger partial charge is 0.425 e. The zero-order valence-corrected chi connectivity index (χ0v) is 17.3. The van der Waals surface area contributed by atoms with Gasteiger partial charge in [-0.2, -0.15) is 13.2 Å². The average molecular weight is 441 g/mol. The summed E-state index contributed by atoms with van der Waals surface area (Å²) in [6.07, 6.45) is -5.00. The zero-order valence-electron chi connectivity index (χ0n) is 16.4. The third-order valence-corrected chi connectivity index (χ3v) is 7.03. The Morgan fingerprint density at radius 2 is 1.87 bits per heavy atom. The van der Waals surface area contributed by atoms with Gasteiger partial charge in [0.25, 0.3) is 5.91 Å². The van der Waals surface area contributed by atoms with Gasteiger partial charge in [0.05, 0.1) is 10.2 Å². The van der Waals surface area contributed by atoms with Crippen molar-refractivity contribution in [2.24, 2.45) is 0 Å². The maximum Gasteiger partial charge on any atom is 0.425 e. The van der Waals surface area contributed by atoms with Crippen molar-refractivity contribution in [3.63, 3.8) is 0 Å². The first-order valence-corrected chi connectivity index (χ1v) is 10.7. The summed E-state index contributed by atoms with van der Waals surface area (Å²) in [5.41, 5.74) is 0.400. The number of fused-ring (bicyclic) bond motifs is 1. The molecule has 2 aliphatic heterocycles. The molecular weight excluding hydrogens is 419 g/mol. The fraction of sp³-hybridized carbons (Fsp3) is 0.550. The van der Waals surface area contributed by atoms with Crippen LogP contribution in [0.5, 0.6) is 0 Å². The topological polar surface area (TPSA) is 62.7 Å². The summed E-state index contributed by atoms with van der Waals surface area (Å²) in [4.78, 5) is 32.9. The summed E-state index contributed by atoms with van der Waals surface area (Å²) >= 11 is 1.36. The largest absolute Gasteiger partial charge is 0.437 e. The summed E-state index contributed by atoms with van der Waals surface area (Å²) in [6, 6.07) is 7.58. The Labute approximate surface area is 175 Å². The van der Waals surface area contributed by atoms with E-state index in [0.717, 1.165) is 30.0 Å². The molecule has 2 aromatic rings. The van der Waals surface area contributed by atoms with Crippen LogP contribution in [0.25, 0.3) is 10.2 Å². The minimum absolute atomic E-state index is 0.115. The molecule has 0 aliphatic carbocycles. The molecule has 1 unspecified atom stereocenters. The van der Waals surface area contributed by atoms with Crippen LogP contribution in [0.3, 0.4) is 0 Å². The fourth-order valence-corrected chi connectivity index (χ4v) is 5.17. The van der Waals surface area contributed by atoms with E-state index in [4.69, 9.17) is 0 Å². The Bertz CT molecular complexity index is 920. The summed E-state index contributed by atoms with van der Waals surface area (Å²) in [6.45, 7) is 1.95. The molecule has 30 heavy (non-hydrogen) atoms. The van der Waals surface area contributed by atoms with E-state index >= 15 is 0 Å². The second-order valence-corrected chi connectivity index (χ2v) is 8.86. The number of piperidine rings is 1. The highest BCUT2D eigenvalue weighted by Gasteiger charge is 2.47. The second kappa shape index (κ2) is 7.72. The molecule has 1 aromatic carbocycles. The van der Waals surface area contributed by atoms with Gasteiger partial charge in [0.15, 0.2) is 11.1 Å². The molecule has 1 atom stereocenters. The van der Waals surface area contributed by atoms with Crippen LogP contribution >= 0.6 is 11.3 Å². The van der Waals surface area contributed by atoms with Crippen molar-refractivity contribution >= 4 is 33.6 Å². The quantitative estimate of drug-likeness (QED) is 0.691. The third kappa shape index (κ3) is 3.84. The summed E-state index contributed by atoms with van der Waals surface area (Å²) in [5, 5.41) is 0.443. The number of aromatic nitrogens is 1. The molecule has 6 nitrogen and oxygen atoms in total. The van der Waals surface area contributed by atoms with Gasteiger partial charge in [-0.3, -0.25) is 4.79 Å². The molecule has 3 heterocycles. The Morgan fingerprint density at radius 3 is 2.53 bits per heavy atom. The minimum atomic E-state index is -4.58. The summed E-state index contributed by atoms with van der Waals surface area (Å²) < 4.78 is 43.5. The van der Waals surface area contributed by atoms with Gasteiger partial charge in [0.1, 0.15) is 0 Å². The molecule has 0 N–H and O–H groups in total. The standard InChI is InChI=1S/C20H22F3N3O3S/c1-13(20(21,22)23)29-18(28)25-11-8-19(9-12-25)7-4-10-26(19)17(27)16-24-14-5-2-3-6-15(14)30-16/h2-3,5-6,13H,4,7-12H2,1H3. The number of hydrogen-bond acceptors (Lipinski definition) is 5. The molecule has 4 rings (SSSR count). The first-order chi connectivity index (χ1) is 14.2. The number of carbonyl (C=O) groups is 2. The number of hydrogen-bond donors (Lipinski definition) is 0. The predicted octanol–water partition coefficient (Wildman–Crippen LogP) is 4.45. The second-order valence-electron chi connectivity index (χ2n) is 7.83. The van der Waals surface area contributed by atoms with Crippen LogP contribution in [0.1, 0.15) is 42.4 Å². The number of likely N-dealkylation sites (tertiary alicyclic amines) is 2. The van der Waals surface area contributed by atoms with E-state index in [1.165, 1.54) is 16.2 Å². The fourth-order valence-electron chi connectivity index (χ4n) is 4.25. The molecule has 1 spiro atoms. The van der Waals surface area contributed by atoms with E-state index in [1.807, 2.05) is 29.2 Å². The maximum atomic E-state index is 13.2. The lowest BCUT2D eigenvalue weighted by molar-refractivity contribution is -0.200. The number of alkyl halides is 3. The maximum absolute atomic E-state index is 13.2. The van der Waals surface area contributed by atoms with Crippen LogP contribution in [-0.4, -0.2) is 64.2 Å². The molecule has 0 radical (unpaired) electrons. The van der Waals surface area contributed by atoms with Crippen molar-refractivity contribution in [1.29, 1.82) is 0 Å². The van der Waals surface area contributed by atoms with Gasteiger partial charge in [0, 0.05) is 25.2 Å². The highest BCUT2D eigenvalue weighted by Crippen LogP contribution is 2.40. The van der Waals surface area contributed by atoms with Gasteiger partial charge >= 0.3 is 12.3 Å². The van der Waals surface area contributed by atoms with Crippen molar-refractivity contribution in [2.45, 2.75) is 50.4 Å². The predicted molar refractivity (Wildman–Crippen MR) is 105 cm³/mol. The van der Waals surface area contributed by atoms with E-state index in [2.05, 4.69) is 9.72 Å². The summed E-state index contributed by atoms with van der Waals surface area (Å²) in [5.74, 6) is -0.115. The van der Waals surface area contributed by atoms with Gasteiger partial charge in [-0.1, -0.05) is 12.1 Å². The Hall–Kier alpha value is -2.36. The SMILES string of the molecule is CC(OC(=O)N1CCC2(CCCN2C(=O)c2nc3ccccc3s2)CC1)C(F)(F)F. The lowest BCUT2D eigenvalue weighted by atomic mass is 9.85. The minimum Gasteiger partial charge on any atom is -0.437 e. The number of nitrogens with zero attached hydrogens (tertiary/aromatic N) is 3. The van der Waals surface area contributed by atoms with Crippen molar-refractivity contribution < 1.29 is 27.5 Å². The van der Waals surface area contributed by atoms with Crippen LogP contribution in [-0.2, 0) is 4.74 Å². The monoisotopic (exact) mass is 441 g/mol. The molecule has 10 heteroatoms. The van der Waals surface area contributed by atoms with Crippen molar-refractivity contribution in [3.05, 3.63) is 29.3 Å². The van der Waals surface area contributed by atoms with Crippen LogP contribution in [0.4, 0.5) is 18.0 Å². The lowest BCUT2D eigenvalue weighted by Crippen LogP contribution is -2.55. The van der Waals surface area contributed by atoms with Gasteiger partial charge in [-0.15, -0.1) is 11.3 Å². The molecule has 2 aliphatic rings. The highest BCUT2D eigenvalue weighted by atomic mass is 32.1. The van der Waals surface area contributed by atoms with Crippen LogP contribution < -0.4 is 0 Å². The third-order valence-electron chi connectivity index (χ3n) is 6.01. The van der Waals surface area contributed by atoms with Crippen LogP contribution in [0, 0.1) is 0 Å². The number of ether oxygens (including phenoxy) is 1. The lowest BCUT2D eigenvalue weighted by Gasteiger charge is -2.44. The van der Waals surface area contributed by atoms with Gasteiger partial charge in [-0.05, 0) is 44.7 Å². The first-order valence-electron chi connectivity index (χ1n) is 9.89. The van der Waals surface area contributed by atoms with Crippen molar-refractivity contribution in [2.75, 3.05) is 19.6 Å².